The zero-order valence-corrected chi connectivity index (χ0v) is 11.1. The number of carbonyl (C=O) groups is 2. The molecule has 4 heteroatoms. The number of hydrogen-bond acceptors (Lipinski definition) is 3. The number of aryl methyl sites for hydroxylation is 2. The van der Waals surface area contributed by atoms with Crippen LogP contribution in [0.4, 0.5) is 5.69 Å². The van der Waals surface area contributed by atoms with Gasteiger partial charge in [0, 0.05) is 0 Å². The third-order valence-electron chi connectivity index (χ3n) is 2.91. The van der Waals surface area contributed by atoms with Gasteiger partial charge in [-0.1, -0.05) is 32.0 Å². The number of amides is 1. The van der Waals surface area contributed by atoms with Gasteiger partial charge in [0.2, 0.25) is 6.41 Å². The molecular weight excluding hydrogens is 230 g/mol. The van der Waals surface area contributed by atoms with Crippen molar-refractivity contribution in [2.75, 3.05) is 18.6 Å². The molecule has 0 N–H and O–H groups in total. The van der Waals surface area contributed by atoms with Crippen LogP contribution in [0.5, 0.6) is 0 Å². The highest BCUT2D eigenvalue weighted by Gasteiger charge is 2.16. The fourth-order valence-electron chi connectivity index (χ4n) is 1.96. The number of carbonyl (C=O) groups excluding carboxylic acids is 2. The van der Waals surface area contributed by atoms with Crippen LogP contribution in [0.3, 0.4) is 0 Å². The van der Waals surface area contributed by atoms with Gasteiger partial charge in [-0.25, -0.2) is 0 Å². The van der Waals surface area contributed by atoms with Gasteiger partial charge >= 0.3 is 5.97 Å². The molecule has 98 valence electrons. The van der Waals surface area contributed by atoms with Gasteiger partial charge < -0.3 is 9.64 Å². The number of rotatable bonds is 6. The van der Waals surface area contributed by atoms with Gasteiger partial charge in [-0.05, 0) is 24.0 Å². The lowest BCUT2D eigenvalue weighted by Gasteiger charge is -2.22. The van der Waals surface area contributed by atoms with E-state index in [1.165, 1.54) is 12.0 Å². The van der Waals surface area contributed by atoms with Crippen LogP contribution in [0.1, 0.15) is 25.0 Å². The normalized spacial score (nSPS) is 9.94. The third kappa shape index (κ3) is 3.09. The van der Waals surface area contributed by atoms with E-state index in [4.69, 9.17) is 0 Å². The number of benzene rings is 1. The second-order valence-electron chi connectivity index (χ2n) is 3.94. The van der Waals surface area contributed by atoms with Crippen LogP contribution in [-0.4, -0.2) is 26.0 Å². The second-order valence-corrected chi connectivity index (χ2v) is 3.94. The molecule has 0 bridgehead atoms. The predicted molar refractivity (Wildman–Crippen MR) is 70.6 cm³/mol. The molecule has 1 aromatic carbocycles. The molecule has 0 aliphatic rings. The minimum atomic E-state index is -0.421. The summed E-state index contributed by atoms with van der Waals surface area (Å²) < 4.78 is 4.61. The first-order valence-corrected chi connectivity index (χ1v) is 6.07. The Morgan fingerprint density at radius 1 is 1.28 bits per heavy atom. The molecule has 0 saturated heterocycles. The van der Waals surface area contributed by atoms with E-state index in [0.717, 1.165) is 29.7 Å². The van der Waals surface area contributed by atoms with Crippen molar-refractivity contribution in [1.29, 1.82) is 0 Å². The highest BCUT2D eigenvalue weighted by atomic mass is 16.5. The quantitative estimate of drug-likeness (QED) is 0.572. The first-order valence-electron chi connectivity index (χ1n) is 6.07. The number of nitrogens with zero attached hydrogens (tertiary/aromatic N) is 1. The molecule has 4 nitrogen and oxygen atoms in total. The van der Waals surface area contributed by atoms with Crippen molar-refractivity contribution in [3.05, 3.63) is 29.3 Å². The van der Waals surface area contributed by atoms with E-state index in [1.54, 1.807) is 0 Å². The van der Waals surface area contributed by atoms with Gasteiger partial charge in [0.15, 0.2) is 0 Å². The van der Waals surface area contributed by atoms with Crippen LogP contribution in [0.2, 0.25) is 0 Å². The number of ether oxygens (including phenoxy) is 1. The Hall–Kier alpha value is -1.84. The molecule has 0 heterocycles. The van der Waals surface area contributed by atoms with Crippen molar-refractivity contribution < 1.29 is 14.3 Å². The summed E-state index contributed by atoms with van der Waals surface area (Å²) in [4.78, 5) is 24.0. The number of methoxy groups -OCH3 is 1. The summed E-state index contributed by atoms with van der Waals surface area (Å²) >= 11 is 0. The molecule has 0 saturated carbocycles. The fourth-order valence-corrected chi connectivity index (χ4v) is 1.96. The SMILES string of the molecule is CCc1cccc(CC)c1N(C=O)CC(=O)OC. The molecule has 18 heavy (non-hydrogen) atoms. The highest BCUT2D eigenvalue weighted by molar-refractivity contribution is 5.87. The summed E-state index contributed by atoms with van der Waals surface area (Å²) in [7, 11) is 1.32. The Kier molecular flexibility index (Phi) is 5.36. The molecule has 1 amide bonds. The minimum Gasteiger partial charge on any atom is -0.468 e. The molecule has 0 aromatic heterocycles. The van der Waals surface area contributed by atoms with Crippen molar-refractivity contribution in [3.8, 4) is 0 Å². The summed E-state index contributed by atoms with van der Waals surface area (Å²) in [6, 6.07) is 5.92. The standard InChI is InChI=1S/C14H19NO3/c1-4-11-7-6-8-12(5-2)14(11)15(10-16)9-13(17)18-3/h6-8,10H,4-5,9H2,1-3H3. The molecule has 0 unspecified atom stereocenters. The number of anilines is 1. The zero-order valence-electron chi connectivity index (χ0n) is 11.1. The van der Waals surface area contributed by atoms with Crippen molar-refractivity contribution in [2.45, 2.75) is 26.7 Å². The Balaban J connectivity index is 3.17. The second kappa shape index (κ2) is 6.79. The molecule has 0 aliphatic heterocycles. The lowest BCUT2D eigenvalue weighted by atomic mass is 10.0. The summed E-state index contributed by atoms with van der Waals surface area (Å²) in [6.45, 7) is 4.00. The van der Waals surface area contributed by atoms with Gasteiger partial charge in [-0.2, -0.15) is 0 Å². The number of para-hydroxylation sites is 1. The van der Waals surface area contributed by atoms with Crippen molar-refractivity contribution >= 4 is 18.1 Å². The van der Waals surface area contributed by atoms with Crippen LogP contribution in [0.15, 0.2) is 18.2 Å². The molecule has 0 atom stereocenters. The van der Waals surface area contributed by atoms with E-state index in [-0.39, 0.29) is 6.54 Å². The van der Waals surface area contributed by atoms with Crippen molar-refractivity contribution in [2.24, 2.45) is 0 Å². The largest absolute Gasteiger partial charge is 0.468 e. The van der Waals surface area contributed by atoms with Crippen LogP contribution >= 0.6 is 0 Å². The molecular formula is C14H19NO3. The van der Waals surface area contributed by atoms with Gasteiger partial charge in [0.25, 0.3) is 0 Å². The topological polar surface area (TPSA) is 46.6 Å². The highest BCUT2D eigenvalue weighted by Crippen LogP contribution is 2.26. The molecule has 1 aromatic rings. The maximum atomic E-state index is 11.3. The monoisotopic (exact) mass is 249 g/mol. The Morgan fingerprint density at radius 3 is 2.22 bits per heavy atom. The Morgan fingerprint density at radius 2 is 1.83 bits per heavy atom. The molecule has 0 aliphatic carbocycles. The van der Waals surface area contributed by atoms with Gasteiger partial charge in [-0.15, -0.1) is 0 Å². The van der Waals surface area contributed by atoms with E-state index >= 15 is 0 Å². The van der Waals surface area contributed by atoms with Crippen LogP contribution in [0.25, 0.3) is 0 Å². The van der Waals surface area contributed by atoms with Crippen molar-refractivity contribution in [3.63, 3.8) is 0 Å². The van der Waals surface area contributed by atoms with E-state index in [0.29, 0.717) is 6.41 Å². The smallest absolute Gasteiger partial charge is 0.325 e. The number of hydrogen-bond donors (Lipinski definition) is 0. The van der Waals surface area contributed by atoms with Gasteiger partial charge in [0.05, 0.1) is 12.8 Å². The van der Waals surface area contributed by atoms with Gasteiger partial charge in [0.1, 0.15) is 6.54 Å². The minimum absolute atomic E-state index is 0.0516. The summed E-state index contributed by atoms with van der Waals surface area (Å²) in [5.41, 5.74) is 2.96. The lowest BCUT2D eigenvalue weighted by molar-refractivity contribution is -0.139. The van der Waals surface area contributed by atoms with E-state index in [9.17, 15) is 9.59 Å². The predicted octanol–water partition coefficient (Wildman–Crippen LogP) is 1.95. The van der Waals surface area contributed by atoms with Crippen molar-refractivity contribution in [1.82, 2.24) is 0 Å². The zero-order chi connectivity index (χ0) is 13.5. The van der Waals surface area contributed by atoms with Crippen LogP contribution in [0, 0.1) is 0 Å². The Bertz CT molecular complexity index is 407. The molecule has 0 spiro atoms. The summed E-state index contributed by atoms with van der Waals surface area (Å²) in [5, 5.41) is 0. The molecule has 0 fully saturated rings. The average molecular weight is 249 g/mol. The summed E-state index contributed by atoms with van der Waals surface area (Å²) in [6.07, 6.45) is 2.31. The van der Waals surface area contributed by atoms with Crippen LogP contribution in [-0.2, 0) is 27.2 Å². The maximum absolute atomic E-state index is 11.3. The third-order valence-corrected chi connectivity index (χ3v) is 2.91. The summed E-state index contributed by atoms with van der Waals surface area (Å²) in [5.74, 6) is -0.421. The lowest BCUT2D eigenvalue weighted by Crippen LogP contribution is -2.30. The van der Waals surface area contributed by atoms with Gasteiger partial charge in [-0.3, -0.25) is 9.59 Å². The van der Waals surface area contributed by atoms with Crippen LogP contribution < -0.4 is 4.90 Å². The first-order chi connectivity index (χ1) is 8.67. The van der Waals surface area contributed by atoms with E-state index < -0.39 is 5.97 Å². The molecule has 0 radical (unpaired) electrons. The average Bonchev–Trinajstić information content (AvgIpc) is 2.43. The van der Waals surface area contributed by atoms with E-state index in [2.05, 4.69) is 4.74 Å². The maximum Gasteiger partial charge on any atom is 0.325 e. The first kappa shape index (κ1) is 14.2. The Labute approximate surface area is 108 Å². The fraction of sp³-hybridized carbons (Fsp3) is 0.429. The molecule has 1 rings (SSSR count). The van der Waals surface area contributed by atoms with E-state index in [1.807, 2.05) is 32.0 Å². The number of esters is 1.